The second-order valence-corrected chi connectivity index (χ2v) is 9.29. The van der Waals surface area contributed by atoms with E-state index >= 15 is 0 Å². The van der Waals surface area contributed by atoms with E-state index in [1.165, 1.54) is 0 Å². The lowest BCUT2D eigenvalue weighted by molar-refractivity contribution is 0.0523. The van der Waals surface area contributed by atoms with Crippen molar-refractivity contribution in [3.05, 3.63) is 65.2 Å². The molecule has 0 heterocycles. The molecule has 2 rings (SSSR count). The van der Waals surface area contributed by atoms with Crippen LogP contribution in [0.2, 0.25) is 0 Å². The SMILES string of the molecule is CC(C)(C)NC(=O)c1ccc(NC(=O)c2ccc(CNC(=O)OC(C)(C)C)cc2)cc1. The highest BCUT2D eigenvalue weighted by Gasteiger charge is 2.16. The lowest BCUT2D eigenvalue weighted by Gasteiger charge is -2.20. The molecule has 3 amide bonds. The Morgan fingerprint density at radius 1 is 0.774 bits per heavy atom. The molecule has 0 bridgehead atoms. The summed E-state index contributed by atoms with van der Waals surface area (Å²) in [6.45, 7) is 11.4. The van der Waals surface area contributed by atoms with Gasteiger partial charge in [-0.1, -0.05) is 12.1 Å². The van der Waals surface area contributed by atoms with Crippen molar-refractivity contribution in [1.29, 1.82) is 0 Å². The third-order valence-corrected chi connectivity index (χ3v) is 3.95. The van der Waals surface area contributed by atoms with Gasteiger partial charge in [0.15, 0.2) is 0 Å². The Balaban J connectivity index is 1.91. The van der Waals surface area contributed by atoms with E-state index in [4.69, 9.17) is 4.74 Å². The number of carbonyl (C=O) groups is 3. The van der Waals surface area contributed by atoms with Gasteiger partial charge in [-0.25, -0.2) is 4.79 Å². The fraction of sp³-hybridized carbons (Fsp3) is 0.375. The number of carbonyl (C=O) groups excluding carboxylic acids is 3. The van der Waals surface area contributed by atoms with E-state index in [1.54, 1.807) is 69.3 Å². The standard InChI is InChI=1S/C24H31N3O4/c1-23(2,3)27-21(29)18-11-13-19(14-12-18)26-20(28)17-9-7-16(8-10-17)15-25-22(30)31-24(4,5)6/h7-14H,15H2,1-6H3,(H,25,30)(H,26,28)(H,27,29). The summed E-state index contributed by atoms with van der Waals surface area (Å²) in [4.78, 5) is 36.4. The molecular weight excluding hydrogens is 394 g/mol. The van der Waals surface area contributed by atoms with Gasteiger partial charge >= 0.3 is 6.09 Å². The molecule has 0 aliphatic rings. The number of alkyl carbamates (subject to hydrolysis) is 1. The summed E-state index contributed by atoms with van der Waals surface area (Å²) in [5.41, 5.74) is 1.56. The molecule has 0 saturated carbocycles. The number of nitrogens with one attached hydrogen (secondary N) is 3. The second kappa shape index (κ2) is 9.64. The molecule has 0 radical (unpaired) electrons. The van der Waals surface area contributed by atoms with Crippen LogP contribution in [-0.2, 0) is 11.3 Å². The third-order valence-electron chi connectivity index (χ3n) is 3.95. The zero-order chi connectivity index (χ0) is 23.2. The number of ether oxygens (including phenoxy) is 1. The Morgan fingerprint density at radius 2 is 1.29 bits per heavy atom. The van der Waals surface area contributed by atoms with Crippen molar-refractivity contribution in [3.63, 3.8) is 0 Å². The van der Waals surface area contributed by atoms with Crippen molar-refractivity contribution in [2.75, 3.05) is 5.32 Å². The zero-order valence-corrected chi connectivity index (χ0v) is 19.0. The fourth-order valence-electron chi connectivity index (χ4n) is 2.58. The highest BCUT2D eigenvalue weighted by Crippen LogP contribution is 2.14. The Labute approximate surface area is 183 Å². The van der Waals surface area contributed by atoms with Crippen LogP contribution in [0, 0.1) is 0 Å². The lowest BCUT2D eigenvalue weighted by Crippen LogP contribution is -2.40. The molecule has 0 aromatic heterocycles. The predicted octanol–water partition coefficient (Wildman–Crippen LogP) is 4.49. The smallest absolute Gasteiger partial charge is 0.407 e. The molecule has 0 unspecified atom stereocenters. The van der Waals surface area contributed by atoms with Crippen molar-refractivity contribution < 1.29 is 19.1 Å². The average Bonchev–Trinajstić information content (AvgIpc) is 2.64. The van der Waals surface area contributed by atoms with Gasteiger partial charge in [0.1, 0.15) is 5.60 Å². The largest absolute Gasteiger partial charge is 0.444 e. The van der Waals surface area contributed by atoms with Crippen molar-refractivity contribution >= 4 is 23.6 Å². The first-order valence-corrected chi connectivity index (χ1v) is 10.1. The van der Waals surface area contributed by atoms with Crippen LogP contribution >= 0.6 is 0 Å². The van der Waals surface area contributed by atoms with Gasteiger partial charge in [-0.2, -0.15) is 0 Å². The molecule has 7 heteroatoms. The maximum Gasteiger partial charge on any atom is 0.407 e. The van der Waals surface area contributed by atoms with E-state index in [1.807, 2.05) is 20.8 Å². The van der Waals surface area contributed by atoms with Crippen LogP contribution in [-0.4, -0.2) is 29.0 Å². The van der Waals surface area contributed by atoms with Gasteiger partial charge in [0.2, 0.25) is 0 Å². The van der Waals surface area contributed by atoms with Crippen LogP contribution in [0.4, 0.5) is 10.5 Å². The average molecular weight is 426 g/mol. The van der Waals surface area contributed by atoms with Crippen molar-refractivity contribution in [2.45, 2.75) is 59.2 Å². The molecule has 0 saturated heterocycles. The molecule has 7 nitrogen and oxygen atoms in total. The molecule has 166 valence electrons. The quantitative estimate of drug-likeness (QED) is 0.657. The van der Waals surface area contributed by atoms with Crippen LogP contribution in [0.5, 0.6) is 0 Å². The van der Waals surface area contributed by atoms with Gasteiger partial charge in [0.05, 0.1) is 0 Å². The van der Waals surface area contributed by atoms with E-state index in [2.05, 4.69) is 16.0 Å². The highest BCUT2D eigenvalue weighted by molar-refractivity contribution is 6.04. The molecule has 2 aromatic rings. The number of anilines is 1. The van der Waals surface area contributed by atoms with Gasteiger partial charge < -0.3 is 20.7 Å². The van der Waals surface area contributed by atoms with Gasteiger partial charge in [0.25, 0.3) is 11.8 Å². The summed E-state index contributed by atoms with van der Waals surface area (Å²) in [5, 5.41) is 8.38. The zero-order valence-electron chi connectivity index (χ0n) is 19.0. The Hall–Kier alpha value is -3.35. The topological polar surface area (TPSA) is 96.5 Å². The van der Waals surface area contributed by atoms with Gasteiger partial charge in [0, 0.05) is 28.9 Å². The molecular formula is C24H31N3O4. The monoisotopic (exact) mass is 425 g/mol. The van der Waals surface area contributed by atoms with Crippen LogP contribution in [0.25, 0.3) is 0 Å². The van der Waals surface area contributed by atoms with Crippen LogP contribution < -0.4 is 16.0 Å². The first kappa shape index (κ1) is 23.9. The molecule has 0 spiro atoms. The van der Waals surface area contributed by atoms with Gasteiger partial charge in [-0.05, 0) is 83.5 Å². The molecule has 0 fully saturated rings. The predicted molar refractivity (Wildman–Crippen MR) is 121 cm³/mol. The minimum Gasteiger partial charge on any atom is -0.444 e. The fourth-order valence-corrected chi connectivity index (χ4v) is 2.58. The first-order chi connectivity index (χ1) is 14.3. The van der Waals surface area contributed by atoms with Gasteiger partial charge in [-0.3, -0.25) is 9.59 Å². The number of hydrogen-bond acceptors (Lipinski definition) is 4. The minimum atomic E-state index is -0.555. The van der Waals surface area contributed by atoms with E-state index in [0.717, 1.165) is 5.56 Å². The number of benzene rings is 2. The number of amides is 3. The lowest BCUT2D eigenvalue weighted by atomic mass is 10.1. The number of hydrogen-bond donors (Lipinski definition) is 3. The normalized spacial score (nSPS) is 11.4. The molecule has 0 aliphatic heterocycles. The second-order valence-electron chi connectivity index (χ2n) is 9.29. The minimum absolute atomic E-state index is 0.166. The van der Waals surface area contributed by atoms with Gasteiger partial charge in [-0.15, -0.1) is 0 Å². The van der Waals surface area contributed by atoms with E-state index in [-0.39, 0.29) is 17.4 Å². The van der Waals surface area contributed by atoms with E-state index in [9.17, 15) is 14.4 Å². The summed E-state index contributed by atoms with van der Waals surface area (Å²) in [7, 11) is 0. The summed E-state index contributed by atoms with van der Waals surface area (Å²) >= 11 is 0. The first-order valence-electron chi connectivity index (χ1n) is 10.1. The van der Waals surface area contributed by atoms with Crippen molar-refractivity contribution in [3.8, 4) is 0 Å². The number of rotatable bonds is 5. The van der Waals surface area contributed by atoms with E-state index < -0.39 is 11.7 Å². The van der Waals surface area contributed by atoms with Crippen molar-refractivity contribution in [1.82, 2.24) is 10.6 Å². The molecule has 0 aliphatic carbocycles. The maximum absolute atomic E-state index is 12.5. The third kappa shape index (κ3) is 8.50. The highest BCUT2D eigenvalue weighted by atomic mass is 16.6. The summed E-state index contributed by atoms with van der Waals surface area (Å²) in [5.74, 6) is -0.431. The molecule has 2 aromatic carbocycles. The molecule has 31 heavy (non-hydrogen) atoms. The molecule has 0 atom stereocenters. The maximum atomic E-state index is 12.5. The Bertz CT molecular complexity index is 921. The Morgan fingerprint density at radius 3 is 1.81 bits per heavy atom. The van der Waals surface area contributed by atoms with Crippen molar-refractivity contribution in [2.24, 2.45) is 0 Å². The van der Waals surface area contributed by atoms with Crippen LogP contribution in [0.1, 0.15) is 67.8 Å². The van der Waals surface area contributed by atoms with Crippen LogP contribution in [0.3, 0.4) is 0 Å². The molecule has 3 N–H and O–H groups in total. The van der Waals surface area contributed by atoms with Crippen LogP contribution in [0.15, 0.2) is 48.5 Å². The summed E-state index contributed by atoms with van der Waals surface area (Å²) < 4.78 is 5.20. The van der Waals surface area contributed by atoms with E-state index in [0.29, 0.717) is 23.4 Å². The Kier molecular flexibility index (Phi) is 7.44. The summed E-state index contributed by atoms with van der Waals surface area (Å²) in [6.07, 6.45) is -0.492. The summed E-state index contributed by atoms with van der Waals surface area (Å²) in [6, 6.07) is 13.6.